The molecule has 7 nitrogen and oxygen atoms in total. The molecule has 1 aromatic rings. The first-order valence-corrected chi connectivity index (χ1v) is 15.6. The van der Waals surface area contributed by atoms with E-state index in [0.717, 1.165) is 12.0 Å². The second-order valence-electron chi connectivity index (χ2n) is 11.0. The third-order valence-electron chi connectivity index (χ3n) is 8.33. The topological polar surface area (TPSA) is 81.2 Å². The van der Waals surface area contributed by atoms with E-state index in [2.05, 4.69) is 29.1 Å². The number of benzene rings is 1. The summed E-state index contributed by atoms with van der Waals surface area (Å²) in [5, 5.41) is 10.5. The van der Waals surface area contributed by atoms with E-state index in [4.69, 9.17) is 0 Å². The summed E-state index contributed by atoms with van der Waals surface area (Å²) in [6, 6.07) is 7.74. The molecule has 0 aliphatic carbocycles. The van der Waals surface area contributed by atoms with Gasteiger partial charge in [-0.05, 0) is 32.3 Å². The van der Waals surface area contributed by atoms with Gasteiger partial charge in [0, 0.05) is 35.8 Å². The van der Waals surface area contributed by atoms with E-state index in [-0.39, 0.29) is 40.4 Å². The Morgan fingerprint density at radius 3 is 2.44 bits per heavy atom. The Hall–Kier alpha value is -2.10. The molecule has 1 N–H and O–H groups in total. The van der Waals surface area contributed by atoms with Crippen molar-refractivity contribution >= 4 is 45.4 Å². The van der Waals surface area contributed by atoms with Crippen LogP contribution in [0.25, 0.3) is 0 Å². The van der Waals surface area contributed by atoms with Crippen LogP contribution < -0.4 is 0 Å². The standard InChI is InChI=1S/C30H40BrN3O4S/c1-6-14-32(15-7-2)27(36)23-24-28(37)34(22(18-35)20-12-10-9-11-13-20)26(29(38)33(16-8-3)19(4)5)30(24)17-21(31)25(23)39-30/h6,8-13,19,21-26,35H,1,3,7,14-18H2,2,4-5H3/t21?,22-,23-,24+,25-,26?,30?/m1/s1. The van der Waals surface area contributed by atoms with E-state index in [1.165, 1.54) is 0 Å². The predicted molar refractivity (Wildman–Crippen MR) is 159 cm³/mol. The van der Waals surface area contributed by atoms with Crippen LogP contribution in [0.3, 0.4) is 0 Å². The molecule has 1 aromatic carbocycles. The second-order valence-corrected chi connectivity index (χ2v) is 13.7. The number of rotatable bonds is 12. The number of likely N-dealkylation sites (tertiary alicyclic amines) is 1. The van der Waals surface area contributed by atoms with Crippen LogP contribution in [0.2, 0.25) is 0 Å². The number of aliphatic hydroxyl groups excluding tert-OH is 1. The van der Waals surface area contributed by atoms with E-state index < -0.39 is 28.7 Å². The van der Waals surface area contributed by atoms with Gasteiger partial charge in [0.15, 0.2) is 0 Å². The van der Waals surface area contributed by atoms with Gasteiger partial charge in [0.2, 0.25) is 17.7 Å². The molecule has 2 bridgehead atoms. The van der Waals surface area contributed by atoms with Crippen LogP contribution in [0.1, 0.15) is 45.2 Å². The smallest absolute Gasteiger partial charge is 0.247 e. The van der Waals surface area contributed by atoms with Crippen LogP contribution in [0.15, 0.2) is 55.6 Å². The number of fused-ring (bicyclic) bond motifs is 1. The average Bonchev–Trinajstić information content (AvgIpc) is 3.51. The number of hydrogen-bond donors (Lipinski definition) is 1. The molecule has 3 saturated heterocycles. The lowest BCUT2D eigenvalue weighted by Crippen LogP contribution is -2.57. The van der Waals surface area contributed by atoms with Crippen molar-refractivity contribution in [2.45, 2.75) is 66.6 Å². The lowest BCUT2D eigenvalue weighted by molar-refractivity contribution is -0.147. The maximum absolute atomic E-state index is 14.6. The summed E-state index contributed by atoms with van der Waals surface area (Å²) < 4.78 is -0.782. The second kappa shape index (κ2) is 12.2. The average molecular weight is 619 g/mol. The highest BCUT2D eigenvalue weighted by molar-refractivity contribution is 9.09. The number of hydrogen-bond acceptors (Lipinski definition) is 5. The van der Waals surface area contributed by atoms with Crippen molar-refractivity contribution in [3.63, 3.8) is 0 Å². The Kier molecular flexibility index (Phi) is 9.33. The zero-order chi connectivity index (χ0) is 28.5. The molecule has 9 heteroatoms. The molecule has 4 rings (SSSR count). The summed E-state index contributed by atoms with van der Waals surface area (Å²) in [7, 11) is 0. The highest BCUT2D eigenvalue weighted by atomic mass is 79.9. The van der Waals surface area contributed by atoms with Crippen molar-refractivity contribution in [2.75, 3.05) is 26.2 Å². The van der Waals surface area contributed by atoms with E-state index in [9.17, 15) is 19.5 Å². The van der Waals surface area contributed by atoms with Crippen LogP contribution in [0.4, 0.5) is 0 Å². The molecule has 39 heavy (non-hydrogen) atoms. The molecule has 3 fully saturated rings. The molecular weight excluding hydrogens is 578 g/mol. The number of carbonyl (C=O) groups excluding carboxylic acids is 3. The largest absolute Gasteiger partial charge is 0.394 e. The molecule has 0 aromatic heterocycles. The summed E-state index contributed by atoms with van der Waals surface area (Å²) in [5.41, 5.74) is 0.763. The molecule has 3 heterocycles. The number of aliphatic hydroxyl groups is 1. The van der Waals surface area contributed by atoms with Gasteiger partial charge in [-0.3, -0.25) is 14.4 Å². The summed E-state index contributed by atoms with van der Waals surface area (Å²) in [6.45, 7) is 14.6. The van der Waals surface area contributed by atoms with Gasteiger partial charge >= 0.3 is 0 Å². The highest BCUT2D eigenvalue weighted by Gasteiger charge is 2.76. The van der Waals surface area contributed by atoms with Gasteiger partial charge in [0.05, 0.1) is 29.2 Å². The van der Waals surface area contributed by atoms with Crippen molar-refractivity contribution in [1.29, 1.82) is 0 Å². The van der Waals surface area contributed by atoms with Gasteiger partial charge < -0.3 is 19.8 Å². The lowest BCUT2D eigenvalue weighted by atomic mass is 9.70. The maximum atomic E-state index is 14.6. The summed E-state index contributed by atoms with van der Waals surface area (Å²) in [6.07, 6.45) is 4.81. The minimum absolute atomic E-state index is 0.0147. The van der Waals surface area contributed by atoms with Crippen molar-refractivity contribution in [3.8, 4) is 0 Å². The molecule has 3 aliphatic heterocycles. The lowest BCUT2D eigenvalue weighted by Gasteiger charge is -2.41. The van der Waals surface area contributed by atoms with E-state index in [1.807, 2.05) is 51.1 Å². The van der Waals surface area contributed by atoms with Crippen LogP contribution in [0.5, 0.6) is 0 Å². The zero-order valence-electron chi connectivity index (χ0n) is 23.0. The van der Waals surface area contributed by atoms with Crippen LogP contribution in [-0.4, -0.2) is 90.7 Å². The highest BCUT2D eigenvalue weighted by Crippen LogP contribution is 2.68. The minimum Gasteiger partial charge on any atom is -0.394 e. The first kappa shape index (κ1) is 29.9. The number of nitrogens with zero attached hydrogens (tertiary/aromatic N) is 3. The molecule has 212 valence electrons. The number of amides is 3. The fourth-order valence-corrected chi connectivity index (χ4v) is 10.4. The molecule has 0 saturated carbocycles. The summed E-state index contributed by atoms with van der Waals surface area (Å²) in [5.74, 6) is -1.65. The predicted octanol–water partition coefficient (Wildman–Crippen LogP) is 4.03. The van der Waals surface area contributed by atoms with Crippen LogP contribution in [0, 0.1) is 11.8 Å². The van der Waals surface area contributed by atoms with E-state index >= 15 is 0 Å². The number of carbonyl (C=O) groups is 3. The molecule has 0 radical (unpaired) electrons. The Balaban J connectivity index is 1.87. The van der Waals surface area contributed by atoms with Gasteiger partial charge in [-0.1, -0.05) is 65.3 Å². The van der Waals surface area contributed by atoms with Gasteiger partial charge in [-0.25, -0.2) is 0 Å². The fraction of sp³-hybridized carbons (Fsp3) is 0.567. The normalized spacial score (nSPS) is 29.8. The third kappa shape index (κ3) is 4.99. The Bertz CT molecular complexity index is 1100. The van der Waals surface area contributed by atoms with Crippen LogP contribution >= 0.6 is 27.7 Å². The minimum atomic E-state index is -0.818. The van der Waals surface area contributed by atoms with Crippen molar-refractivity contribution in [3.05, 3.63) is 61.2 Å². The van der Waals surface area contributed by atoms with Crippen LogP contribution in [-0.2, 0) is 14.4 Å². The molecule has 1 spiro atoms. The SMILES string of the molecule is C=CCN(CCC)C(=O)[C@H]1[C@@H]2SC3(CC2Br)C(C(=O)N(CC=C)C(C)C)N([C@H](CO)c2ccccc2)C(=O)[C@H]13. The summed E-state index contributed by atoms with van der Waals surface area (Å²) in [4.78, 5) is 48.3. The van der Waals surface area contributed by atoms with Gasteiger partial charge in [-0.15, -0.1) is 24.9 Å². The first-order chi connectivity index (χ1) is 18.7. The quantitative estimate of drug-likeness (QED) is 0.283. The first-order valence-electron chi connectivity index (χ1n) is 13.8. The Morgan fingerprint density at radius 2 is 1.87 bits per heavy atom. The maximum Gasteiger partial charge on any atom is 0.247 e. The van der Waals surface area contributed by atoms with Crippen molar-refractivity contribution < 1.29 is 19.5 Å². The Morgan fingerprint density at radius 1 is 1.21 bits per heavy atom. The Labute approximate surface area is 244 Å². The summed E-state index contributed by atoms with van der Waals surface area (Å²) >= 11 is 5.47. The third-order valence-corrected chi connectivity index (χ3v) is 11.5. The van der Waals surface area contributed by atoms with Gasteiger partial charge in [0.1, 0.15) is 6.04 Å². The van der Waals surface area contributed by atoms with Gasteiger partial charge in [0.25, 0.3) is 0 Å². The monoisotopic (exact) mass is 617 g/mol. The van der Waals surface area contributed by atoms with E-state index in [1.54, 1.807) is 38.6 Å². The number of thioether (sulfide) groups is 1. The molecule has 3 unspecified atom stereocenters. The molecule has 3 amide bonds. The molecule has 7 atom stereocenters. The van der Waals surface area contributed by atoms with Crippen molar-refractivity contribution in [1.82, 2.24) is 14.7 Å². The number of halogens is 1. The zero-order valence-corrected chi connectivity index (χ0v) is 25.4. The molecular formula is C30H40BrN3O4S. The van der Waals surface area contributed by atoms with Crippen molar-refractivity contribution in [2.24, 2.45) is 11.8 Å². The van der Waals surface area contributed by atoms with Gasteiger partial charge in [-0.2, -0.15) is 0 Å². The number of alkyl halides is 1. The van der Waals surface area contributed by atoms with E-state index in [0.29, 0.717) is 26.1 Å². The fourth-order valence-electron chi connectivity index (χ4n) is 6.77. The molecule has 3 aliphatic rings.